The van der Waals surface area contributed by atoms with Crippen molar-refractivity contribution in [3.63, 3.8) is 0 Å². The van der Waals surface area contributed by atoms with Crippen LogP contribution < -0.4 is 16.3 Å². The van der Waals surface area contributed by atoms with Crippen molar-refractivity contribution < 1.29 is 18.0 Å². The predicted molar refractivity (Wildman–Crippen MR) is 102 cm³/mol. The van der Waals surface area contributed by atoms with Gasteiger partial charge in [-0.05, 0) is 31.2 Å². The molecule has 1 amide bonds. The second-order valence-electron chi connectivity index (χ2n) is 5.98. The van der Waals surface area contributed by atoms with Crippen LogP contribution in [-0.4, -0.2) is 15.7 Å². The summed E-state index contributed by atoms with van der Waals surface area (Å²) >= 11 is 6.15. The molecule has 0 aliphatic carbocycles. The number of hydrazine groups is 1. The normalized spacial score (nSPS) is 11.2. The first-order chi connectivity index (χ1) is 13.7. The van der Waals surface area contributed by atoms with Gasteiger partial charge in [0.05, 0.1) is 22.0 Å². The topological polar surface area (TPSA) is 76.0 Å². The average molecular weight is 423 g/mol. The lowest BCUT2D eigenvalue weighted by Crippen LogP contribution is -2.36. The van der Waals surface area contributed by atoms with E-state index in [-0.39, 0.29) is 5.69 Å². The van der Waals surface area contributed by atoms with Gasteiger partial charge in [-0.3, -0.25) is 20.4 Å². The monoisotopic (exact) mass is 422 g/mol. The van der Waals surface area contributed by atoms with Gasteiger partial charge in [0, 0.05) is 11.8 Å². The molecule has 0 saturated carbocycles. The predicted octanol–water partition coefficient (Wildman–Crippen LogP) is 3.97. The highest BCUT2D eigenvalue weighted by atomic mass is 35.5. The summed E-state index contributed by atoms with van der Waals surface area (Å²) in [5.41, 5.74) is 2.62. The molecule has 0 aliphatic heterocycles. The maximum atomic E-state index is 13.1. The Bertz CT molecular complexity index is 1130. The lowest BCUT2D eigenvalue weighted by atomic mass is 10.2. The van der Waals surface area contributed by atoms with Gasteiger partial charge in [-0.15, -0.1) is 0 Å². The maximum Gasteiger partial charge on any atom is 0.418 e. The number of rotatable bonds is 4. The number of hydrogen-bond acceptors (Lipinski definition) is 4. The SMILES string of the molecule is Cc1cc(=O)c(C(=O)NNc2ccccc2C(F)(F)F)nn1-c1ccccc1Cl. The molecule has 29 heavy (non-hydrogen) atoms. The van der Waals surface area contributed by atoms with Gasteiger partial charge in [0.1, 0.15) is 0 Å². The van der Waals surface area contributed by atoms with Gasteiger partial charge in [0.2, 0.25) is 5.43 Å². The van der Waals surface area contributed by atoms with Crippen LogP contribution in [0.15, 0.2) is 59.4 Å². The molecule has 0 spiro atoms. The molecule has 0 atom stereocenters. The highest BCUT2D eigenvalue weighted by Gasteiger charge is 2.33. The van der Waals surface area contributed by atoms with Crippen molar-refractivity contribution in [2.45, 2.75) is 13.1 Å². The van der Waals surface area contributed by atoms with Crippen molar-refractivity contribution in [1.82, 2.24) is 15.2 Å². The third-order valence-corrected chi connectivity index (χ3v) is 4.27. The first-order valence-corrected chi connectivity index (χ1v) is 8.65. The van der Waals surface area contributed by atoms with Crippen LogP contribution in [0.2, 0.25) is 5.02 Å². The molecule has 0 aliphatic rings. The number of benzene rings is 2. The third-order valence-electron chi connectivity index (χ3n) is 3.95. The number of carbonyl (C=O) groups excluding carboxylic acids is 1. The van der Waals surface area contributed by atoms with Crippen molar-refractivity contribution in [3.8, 4) is 5.69 Å². The summed E-state index contributed by atoms with van der Waals surface area (Å²) in [6.45, 7) is 1.61. The molecular weight excluding hydrogens is 409 g/mol. The van der Waals surface area contributed by atoms with Crippen LogP contribution in [0.3, 0.4) is 0 Å². The second-order valence-corrected chi connectivity index (χ2v) is 6.39. The number of nitrogens with zero attached hydrogens (tertiary/aromatic N) is 2. The van der Waals surface area contributed by atoms with E-state index in [4.69, 9.17) is 11.6 Å². The molecule has 1 aromatic heterocycles. The fraction of sp³-hybridized carbons (Fsp3) is 0.105. The Morgan fingerprint density at radius 3 is 2.45 bits per heavy atom. The summed E-state index contributed by atoms with van der Waals surface area (Å²) in [5.74, 6) is -0.993. The first kappa shape index (κ1) is 20.4. The summed E-state index contributed by atoms with van der Waals surface area (Å²) in [4.78, 5) is 24.6. The summed E-state index contributed by atoms with van der Waals surface area (Å²) in [7, 11) is 0. The summed E-state index contributed by atoms with van der Waals surface area (Å²) in [6, 6.07) is 12.5. The Morgan fingerprint density at radius 1 is 1.10 bits per heavy atom. The zero-order chi connectivity index (χ0) is 21.2. The molecule has 1 heterocycles. The van der Waals surface area contributed by atoms with E-state index < -0.39 is 28.8 Å². The largest absolute Gasteiger partial charge is 0.418 e. The van der Waals surface area contributed by atoms with Crippen LogP contribution in [0, 0.1) is 6.92 Å². The van der Waals surface area contributed by atoms with Crippen molar-refractivity contribution in [2.75, 3.05) is 5.43 Å². The lowest BCUT2D eigenvalue weighted by Gasteiger charge is -2.15. The minimum Gasteiger partial charge on any atom is -0.298 e. The van der Waals surface area contributed by atoms with Crippen LogP contribution in [0.4, 0.5) is 18.9 Å². The fourth-order valence-electron chi connectivity index (χ4n) is 2.59. The van der Waals surface area contributed by atoms with Crippen molar-refractivity contribution in [1.29, 1.82) is 0 Å². The maximum absolute atomic E-state index is 13.1. The first-order valence-electron chi connectivity index (χ1n) is 8.27. The number of halogens is 4. The van der Waals surface area contributed by atoms with E-state index in [0.717, 1.165) is 12.1 Å². The molecule has 3 aromatic rings. The zero-order valence-electron chi connectivity index (χ0n) is 14.9. The summed E-state index contributed by atoms with van der Waals surface area (Å²) in [6.07, 6.45) is -4.62. The van der Waals surface area contributed by atoms with Gasteiger partial charge in [-0.2, -0.15) is 18.3 Å². The second kappa shape index (κ2) is 7.96. The Hall–Kier alpha value is -3.33. The Balaban J connectivity index is 1.91. The molecule has 6 nitrogen and oxygen atoms in total. The minimum atomic E-state index is -4.62. The molecule has 3 rings (SSSR count). The summed E-state index contributed by atoms with van der Waals surface area (Å²) in [5, 5.41) is 4.37. The molecule has 0 fully saturated rings. The Morgan fingerprint density at radius 2 is 1.76 bits per heavy atom. The number of aromatic nitrogens is 2. The number of aryl methyl sites for hydroxylation is 1. The number of carbonyl (C=O) groups is 1. The van der Waals surface area contributed by atoms with Gasteiger partial charge < -0.3 is 0 Å². The lowest BCUT2D eigenvalue weighted by molar-refractivity contribution is -0.137. The number of amides is 1. The molecule has 2 aromatic carbocycles. The molecule has 150 valence electrons. The average Bonchev–Trinajstić information content (AvgIpc) is 2.66. The molecule has 0 radical (unpaired) electrons. The van der Waals surface area contributed by atoms with E-state index in [1.807, 2.05) is 0 Å². The van der Waals surface area contributed by atoms with Crippen LogP contribution in [-0.2, 0) is 6.18 Å². The van der Waals surface area contributed by atoms with Crippen LogP contribution >= 0.6 is 11.6 Å². The quantitative estimate of drug-likeness (QED) is 0.624. The molecule has 2 N–H and O–H groups in total. The van der Waals surface area contributed by atoms with Crippen LogP contribution in [0.5, 0.6) is 0 Å². The van der Waals surface area contributed by atoms with E-state index in [1.165, 1.54) is 22.9 Å². The molecule has 0 saturated heterocycles. The van der Waals surface area contributed by atoms with Gasteiger partial charge in [0.25, 0.3) is 5.91 Å². The van der Waals surface area contributed by atoms with E-state index >= 15 is 0 Å². The standard InChI is InChI=1S/C19H14ClF3N4O2/c1-11-10-16(28)17(26-27(11)15-9-5-3-7-13(15)20)18(29)25-24-14-8-4-2-6-12(14)19(21,22)23/h2-10,24H,1H3,(H,25,29). The third kappa shape index (κ3) is 4.40. The zero-order valence-corrected chi connectivity index (χ0v) is 15.7. The number of nitrogens with one attached hydrogen (secondary N) is 2. The molecule has 10 heteroatoms. The van der Waals surface area contributed by atoms with Crippen molar-refractivity contribution >= 4 is 23.2 Å². The minimum absolute atomic E-state index is 0.343. The molecule has 0 bridgehead atoms. The van der Waals surface area contributed by atoms with Crippen molar-refractivity contribution in [2.24, 2.45) is 0 Å². The molecule has 0 unspecified atom stereocenters. The Kier molecular flexibility index (Phi) is 5.60. The number of para-hydroxylation sites is 2. The van der Waals surface area contributed by atoms with E-state index in [2.05, 4.69) is 16.0 Å². The van der Waals surface area contributed by atoms with Crippen molar-refractivity contribution in [3.05, 3.63) is 86.8 Å². The van der Waals surface area contributed by atoms with E-state index in [0.29, 0.717) is 16.4 Å². The van der Waals surface area contributed by atoms with Gasteiger partial charge in [0.15, 0.2) is 5.69 Å². The Labute approximate surface area is 167 Å². The van der Waals surface area contributed by atoms with Gasteiger partial charge in [-0.1, -0.05) is 35.9 Å². The van der Waals surface area contributed by atoms with E-state index in [1.54, 1.807) is 31.2 Å². The fourth-order valence-corrected chi connectivity index (χ4v) is 2.81. The van der Waals surface area contributed by atoms with Crippen LogP contribution in [0.25, 0.3) is 5.69 Å². The summed E-state index contributed by atoms with van der Waals surface area (Å²) < 4.78 is 40.5. The highest BCUT2D eigenvalue weighted by molar-refractivity contribution is 6.32. The molecular formula is C19H14ClF3N4O2. The van der Waals surface area contributed by atoms with Gasteiger partial charge >= 0.3 is 6.18 Å². The number of hydrogen-bond donors (Lipinski definition) is 2. The van der Waals surface area contributed by atoms with E-state index in [9.17, 15) is 22.8 Å². The number of anilines is 1. The van der Waals surface area contributed by atoms with Crippen LogP contribution in [0.1, 0.15) is 21.7 Å². The van der Waals surface area contributed by atoms with Gasteiger partial charge in [-0.25, -0.2) is 4.68 Å². The smallest absolute Gasteiger partial charge is 0.298 e. The number of alkyl halides is 3. The highest BCUT2D eigenvalue weighted by Crippen LogP contribution is 2.34.